The minimum absolute atomic E-state index is 0.269. The van der Waals surface area contributed by atoms with Crippen LogP contribution in [-0.2, 0) is 0 Å². The van der Waals surface area contributed by atoms with Crippen LogP contribution < -0.4 is 0 Å². The van der Waals surface area contributed by atoms with Gasteiger partial charge in [-0.3, -0.25) is 0 Å². The fourth-order valence-electron chi connectivity index (χ4n) is 3.22. The molecule has 0 fully saturated rings. The Hall–Kier alpha value is -3.09. The third kappa shape index (κ3) is 3.72. The highest BCUT2D eigenvalue weighted by Gasteiger charge is 2.17. The van der Waals surface area contributed by atoms with E-state index in [-0.39, 0.29) is 5.82 Å². The van der Waals surface area contributed by atoms with Crippen molar-refractivity contribution in [3.05, 3.63) is 101 Å². The maximum Gasteiger partial charge on any atom is 0.127 e. The SMILES string of the molecule is Fc1ccc(-c2nn(-c3ccccc3)cc2-c2nc(-c3ccc(Br)cc3)cs2)cc1. The van der Waals surface area contributed by atoms with E-state index in [1.165, 1.54) is 12.1 Å². The summed E-state index contributed by atoms with van der Waals surface area (Å²) in [5.41, 5.74) is 5.46. The third-order valence-electron chi connectivity index (χ3n) is 4.73. The molecular weight excluding hydrogens is 461 g/mol. The summed E-state index contributed by atoms with van der Waals surface area (Å²) in [6.45, 7) is 0. The van der Waals surface area contributed by atoms with Gasteiger partial charge in [-0.25, -0.2) is 14.1 Å². The largest absolute Gasteiger partial charge is 0.240 e. The molecule has 0 aliphatic carbocycles. The van der Waals surface area contributed by atoms with Crippen LogP contribution in [0.5, 0.6) is 0 Å². The molecule has 5 aromatic rings. The molecule has 6 heteroatoms. The van der Waals surface area contributed by atoms with E-state index in [0.717, 1.165) is 43.2 Å². The van der Waals surface area contributed by atoms with Crippen molar-refractivity contribution in [3.8, 4) is 38.8 Å². The first-order valence-corrected chi connectivity index (χ1v) is 11.0. The van der Waals surface area contributed by atoms with Crippen LogP contribution in [0, 0.1) is 5.82 Å². The molecule has 0 saturated heterocycles. The molecule has 0 saturated carbocycles. The van der Waals surface area contributed by atoms with Crippen molar-refractivity contribution in [2.24, 2.45) is 0 Å². The van der Waals surface area contributed by atoms with Crippen LogP contribution in [0.15, 0.2) is 94.9 Å². The van der Waals surface area contributed by atoms with Crippen molar-refractivity contribution >= 4 is 27.3 Å². The van der Waals surface area contributed by atoms with Gasteiger partial charge < -0.3 is 0 Å². The summed E-state index contributed by atoms with van der Waals surface area (Å²) in [4.78, 5) is 4.87. The summed E-state index contributed by atoms with van der Waals surface area (Å²) < 4.78 is 16.4. The van der Waals surface area contributed by atoms with Crippen molar-refractivity contribution in [1.82, 2.24) is 14.8 Å². The van der Waals surface area contributed by atoms with Crippen molar-refractivity contribution in [3.63, 3.8) is 0 Å². The maximum absolute atomic E-state index is 13.5. The van der Waals surface area contributed by atoms with Crippen LogP contribution in [-0.4, -0.2) is 14.8 Å². The van der Waals surface area contributed by atoms with Gasteiger partial charge in [-0.2, -0.15) is 5.10 Å². The van der Waals surface area contributed by atoms with E-state index >= 15 is 0 Å². The first-order valence-electron chi connectivity index (χ1n) is 9.30. The molecule has 146 valence electrons. The van der Waals surface area contributed by atoms with Gasteiger partial charge in [0.15, 0.2) is 0 Å². The van der Waals surface area contributed by atoms with Crippen LogP contribution in [0.25, 0.3) is 38.8 Å². The summed E-state index contributed by atoms with van der Waals surface area (Å²) >= 11 is 5.04. The highest BCUT2D eigenvalue weighted by atomic mass is 79.9. The Labute approximate surface area is 185 Å². The topological polar surface area (TPSA) is 30.7 Å². The number of para-hydroxylation sites is 1. The molecule has 0 aliphatic rings. The van der Waals surface area contributed by atoms with Gasteiger partial charge in [-0.05, 0) is 48.5 Å². The number of rotatable bonds is 4. The van der Waals surface area contributed by atoms with Gasteiger partial charge in [0.1, 0.15) is 16.5 Å². The molecule has 0 amide bonds. The van der Waals surface area contributed by atoms with Crippen LogP contribution >= 0.6 is 27.3 Å². The molecule has 0 spiro atoms. The first-order chi connectivity index (χ1) is 14.7. The second-order valence-electron chi connectivity index (χ2n) is 6.72. The molecule has 0 bridgehead atoms. The summed E-state index contributed by atoms with van der Waals surface area (Å²) in [5, 5.41) is 7.72. The molecule has 3 aromatic carbocycles. The predicted octanol–water partition coefficient (Wildman–Crippen LogP) is 7.23. The molecule has 3 nitrogen and oxygen atoms in total. The molecule has 0 N–H and O–H groups in total. The lowest BCUT2D eigenvalue weighted by molar-refractivity contribution is 0.628. The Balaban J connectivity index is 1.62. The van der Waals surface area contributed by atoms with E-state index in [0.29, 0.717) is 0 Å². The van der Waals surface area contributed by atoms with Crippen molar-refractivity contribution < 1.29 is 4.39 Å². The highest BCUT2D eigenvalue weighted by molar-refractivity contribution is 9.10. The third-order valence-corrected chi connectivity index (χ3v) is 6.13. The quantitative estimate of drug-likeness (QED) is 0.274. The van der Waals surface area contributed by atoms with E-state index in [9.17, 15) is 4.39 Å². The molecule has 0 unspecified atom stereocenters. The lowest BCUT2D eigenvalue weighted by Gasteiger charge is -2.01. The number of hydrogen-bond acceptors (Lipinski definition) is 3. The number of benzene rings is 3. The number of nitrogens with zero attached hydrogens (tertiary/aromatic N) is 3. The van der Waals surface area contributed by atoms with E-state index < -0.39 is 0 Å². The van der Waals surface area contributed by atoms with Crippen LogP contribution in [0.1, 0.15) is 0 Å². The molecule has 0 aliphatic heterocycles. The van der Waals surface area contributed by atoms with Crippen LogP contribution in [0.2, 0.25) is 0 Å². The molecule has 30 heavy (non-hydrogen) atoms. The second-order valence-corrected chi connectivity index (χ2v) is 8.50. The van der Waals surface area contributed by atoms with Gasteiger partial charge >= 0.3 is 0 Å². The van der Waals surface area contributed by atoms with Crippen molar-refractivity contribution in [2.45, 2.75) is 0 Å². The predicted molar refractivity (Wildman–Crippen MR) is 123 cm³/mol. The maximum atomic E-state index is 13.5. The number of thiazole rings is 1. The van der Waals surface area contributed by atoms with Gasteiger partial charge in [0.05, 0.1) is 16.9 Å². The zero-order valence-corrected chi connectivity index (χ0v) is 18.1. The summed E-state index contributed by atoms with van der Waals surface area (Å²) in [5.74, 6) is -0.269. The Bertz CT molecular complexity index is 1290. The average Bonchev–Trinajstić information content (AvgIpc) is 3.43. The summed E-state index contributed by atoms with van der Waals surface area (Å²) in [6, 6.07) is 24.4. The minimum Gasteiger partial charge on any atom is -0.240 e. The molecule has 5 rings (SSSR count). The Morgan fingerprint density at radius 3 is 2.27 bits per heavy atom. The zero-order valence-electron chi connectivity index (χ0n) is 15.7. The molecular formula is C24H15BrFN3S. The van der Waals surface area contributed by atoms with Crippen LogP contribution in [0.4, 0.5) is 4.39 Å². The average molecular weight is 476 g/mol. The fraction of sp³-hybridized carbons (Fsp3) is 0. The van der Waals surface area contributed by atoms with Crippen LogP contribution in [0.3, 0.4) is 0 Å². The Morgan fingerprint density at radius 2 is 1.53 bits per heavy atom. The molecule has 2 aromatic heterocycles. The molecule has 0 atom stereocenters. The second kappa shape index (κ2) is 7.97. The lowest BCUT2D eigenvalue weighted by Crippen LogP contribution is -1.94. The zero-order chi connectivity index (χ0) is 20.5. The van der Waals surface area contributed by atoms with E-state index in [1.54, 1.807) is 23.5 Å². The standard InChI is InChI=1S/C24H15BrFN3S/c25-18-10-6-16(7-11-18)22-15-30-24(27-22)21-14-29(20-4-2-1-3-5-20)28-23(21)17-8-12-19(26)13-9-17/h1-15H. The monoisotopic (exact) mass is 475 g/mol. The van der Waals surface area contributed by atoms with E-state index in [1.807, 2.05) is 70.9 Å². The van der Waals surface area contributed by atoms with Gasteiger partial charge in [-0.1, -0.05) is 46.3 Å². The lowest BCUT2D eigenvalue weighted by atomic mass is 10.1. The number of halogens is 2. The smallest absolute Gasteiger partial charge is 0.127 e. The van der Waals surface area contributed by atoms with Crippen molar-refractivity contribution in [2.75, 3.05) is 0 Å². The van der Waals surface area contributed by atoms with E-state index in [4.69, 9.17) is 10.1 Å². The fourth-order valence-corrected chi connectivity index (χ4v) is 4.32. The van der Waals surface area contributed by atoms with Gasteiger partial charge in [0, 0.05) is 27.2 Å². The Morgan fingerprint density at radius 1 is 0.833 bits per heavy atom. The highest BCUT2D eigenvalue weighted by Crippen LogP contribution is 2.36. The number of hydrogen-bond donors (Lipinski definition) is 0. The Kier molecular flexibility index (Phi) is 5.02. The number of aromatic nitrogens is 3. The normalized spacial score (nSPS) is 11.0. The van der Waals surface area contributed by atoms with Gasteiger partial charge in [0.25, 0.3) is 0 Å². The first kappa shape index (κ1) is 18.9. The molecule has 0 radical (unpaired) electrons. The van der Waals surface area contributed by atoms with Gasteiger partial charge in [0.2, 0.25) is 0 Å². The van der Waals surface area contributed by atoms with Crippen molar-refractivity contribution in [1.29, 1.82) is 0 Å². The minimum atomic E-state index is -0.269. The van der Waals surface area contributed by atoms with E-state index in [2.05, 4.69) is 15.9 Å². The van der Waals surface area contributed by atoms with Gasteiger partial charge in [-0.15, -0.1) is 11.3 Å². The summed E-state index contributed by atoms with van der Waals surface area (Å²) in [6.07, 6.45) is 1.98. The molecule has 2 heterocycles. The summed E-state index contributed by atoms with van der Waals surface area (Å²) in [7, 11) is 0.